The molecule has 4 nitrogen and oxygen atoms in total. The number of hydrogen-bond donors (Lipinski definition) is 1. The van der Waals surface area contributed by atoms with E-state index in [1.807, 2.05) is 31.2 Å². The van der Waals surface area contributed by atoms with Gasteiger partial charge in [-0.25, -0.2) is 4.79 Å². The Labute approximate surface area is 166 Å². The third-order valence-electron chi connectivity index (χ3n) is 4.44. The Balaban J connectivity index is 1.68. The molecule has 0 spiro atoms. The second-order valence-electron chi connectivity index (χ2n) is 6.50. The molecule has 0 atom stereocenters. The molecule has 4 rings (SSSR count). The number of anilines is 1. The number of para-hydroxylation sites is 1. The van der Waals surface area contributed by atoms with Crippen molar-refractivity contribution in [1.29, 1.82) is 0 Å². The highest BCUT2D eigenvalue weighted by molar-refractivity contribution is 6.34. The van der Waals surface area contributed by atoms with Crippen LogP contribution in [0, 0.1) is 6.92 Å². The number of benzene rings is 3. The van der Waals surface area contributed by atoms with Crippen LogP contribution in [0.5, 0.6) is 0 Å². The van der Waals surface area contributed by atoms with Crippen LogP contribution in [-0.4, -0.2) is 5.91 Å². The second kappa shape index (κ2) is 7.33. The number of amides is 1. The first kappa shape index (κ1) is 18.0. The van der Waals surface area contributed by atoms with Crippen molar-refractivity contribution >= 4 is 34.2 Å². The Morgan fingerprint density at radius 3 is 2.61 bits per heavy atom. The van der Waals surface area contributed by atoms with E-state index in [0.29, 0.717) is 33.0 Å². The molecule has 0 aliphatic carbocycles. The zero-order valence-electron chi connectivity index (χ0n) is 15.0. The molecule has 1 N–H and O–H groups in total. The van der Waals surface area contributed by atoms with Crippen LogP contribution in [0.4, 0.5) is 5.69 Å². The van der Waals surface area contributed by atoms with E-state index in [1.54, 1.807) is 48.5 Å². The second-order valence-corrected chi connectivity index (χ2v) is 6.91. The summed E-state index contributed by atoms with van der Waals surface area (Å²) in [5.74, 6) is -0.312. The van der Waals surface area contributed by atoms with Crippen LogP contribution in [-0.2, 0) is 0 Å². The molecule has 0 aliphatic rings. The van der Waals surface area contributed by atoms with Gasteiger partial charge in [0.15, 0.2) is 0 Å². The van der Waals surface area contributed by atoms with Gasteiger partial charge in [0, 0.05) is 11.1 Å². The minimum atomic E-state index is -0.427. The fraction of sp³-hybridized carbons (Fsp3) is 0.0435. The van der Waals surface area contributed by atoms with E-state index >= 15 is 0 Å². The van der Waals surface area contributed by atoms with E-state index in [4.69, 9.17) is 16.0 Å². The maximum Gasteiger partial charge on any atom is 0.344 e. The third kappa shape index (κ3) is 3.55. The average molecular weight is 390 g/mol. The van der Waals surface area contributed by atoms with Crippen LogP contribution in [0.25, 0.3) is 22.1 Å². The maximum absolute atomic E-state index is 12.6. The highest BCUT2D eigenvalue weighted by Crippen LogP contribution is 2.25. The fourth-order valence-electron chi connectivity index (χ4n) is 3.03. The number of nitrogens with one attached hydrogen (secondary N) is 1. The molecule has 0 radical (unpaired) electrons. The van der Waals surface area contributed by atoms with Gasteiger partial charge < -0.3 is 9.73 Å². The standard InChI is InChI=1S/C23H16ClNO3/c1-14-9-10-18(20(24)11-14)22(26)25-17-7-4-6-15(12-17)19-13-16-5-2-3-8-21(16)28-23(19)27/h2-13H,1H3,(H,25,26). The van der Waals surface area contributed by atoms with Gasteiger partial charge in [-0.3, -0.25) is 4.79 Å². The minimum Gasteiger partial charge on any atom is -0.422 e. The summed E-state index contributed by atoms with van der Waals surface area (Å²) >= 11 is 6.18. The van der Waals surface area contributed by atoms with Crippen molar-refractivity contribution < 1.29 is 9.21 Å². The molecule has 0 fully saturated rings. The molecule has 28 heavy (non-hydrogen) atoms. The first-order chi connectivity index (χ1) is 13.5. The SMILES string of the molecule is Cc1ccc(C(=O)Nc2cccc(-c3cc4ccccc4oc3=O)c2)c(Cl)c1. The van der Waals surface area contributed by atoms with Crippen LogP contribution in [0.1, 0.15) is 15.9 Å². The van der Waals surface area contributed by atoms with Crippen molar-refractivity contribution in [3.63, 3.8) is 0 Å². The number of halogens is 1. The summed E-state index contributed by atoms with van der Waals surface area (Å²) in [5, 5.41) is 4.05. The lowest BCUT2D eigenvalue weighted by Gasteiger charge is -2.09. The van der Waals surface area contributed by atoms with Gasteiger partial charge in [-0.2, -0.15) is 0 Å². The molecule has 5 heteroatoms. The number of fused-ring (bicyclic) bond motifs is 1. The van der Waals surface area contributed by atoms with Crippen molar-refractivity contribution in [3.8, 4) is 11.1 Å². The Morgan fingerprint density at radius 2 is 1.79 bits per heavy atom. The molecule has 3 aromatic carbocycles. The van der Waals surface area contributed by atoms with Crippen LogP contribution < -0.4 is 10.9 Å². The normalized spacial score (nSPS) is 10.8. The Bertz CT molecular complexity index is 1260. The van der Waals surface area contributed by atoms with Crippen molar-refractivity contribution in [2.45, 2.75) is 6.92 Å². The number of carbonyl (C=O) groups excluding carboxylic acids is 1. The molecular formula is C23H16ClNO3. The predicted molar refractivity (Wildman–Crippen MR) is 112 cm³/mol. The molecule has 0 unspecified atom stereocenters. The van der Waals surface area contributed by atoms with Crippen molar-refractivity contribution in [3.05, 3.63) is 99.4 Å². The van der Waals surface area contributed by atoms with Crippen LogP contribution in [0.2, 0.25) is 5.02 Å². The molecule has 4 aromatic rings. The van der Waals surface area contributed by atoms with E-state index < -0.39 is 5.63 Å². The lowest BCUT2D eigenvalue weighted by molar-refractivity contribution is 0.102. The zero-order valence-corrected chi connectivity index (χ0v) is 15.8. The molecule has 0 saturated carbocycles. The van der Waals surface area contributed by atoms with Gasteiger partial charge in [-0.15, -0.1) is 0 Å². The molecule has 1 amide bonds. The summed E-state index contributed by atoms with van der Waals surface area (Å²) in [5.41, 5.74) is 3.13. The Morgan fingerprint density at radius 1 is 0.964 bits per heavy atom. The first-order valence-corrected chi connectivity index (χ1v) is 9.10. The third-order valence-corrected chi connectivity index (χ3v) is 4.75. The van der Waals surface area contributed by atoms with E-state index in [2.05, 4.69) is 5.32 Å². The summed E-state index contributed by atoms with van der Waals surface area (Å²) in [7, 11) is 0. The predicted octanol–water partition coefficient (Wildman–Crippen LogP) is 5.67. The van der Waals surface area contributed by atoms with Crippen LogP contribution in [0.15, 0.2) is 82.0 Å². The molecular weight excluding hydrogens is 374 g/mol. The molecule has 138 valence electrons. The summed E-state index contributed by atoms with van der Waals surface area (Å²) < 4.78 is 5.40. The number of aryl methyl sites for hydroxylation is 1. The highest BCUT2D eigenvalue weighted by Gasteiger charge is 2.12. The Kier molecular flexibility index (Phi) is 4.72. The molecule has 0 bridgehead atoms. The fourth-order valence-corrected chi connectivity index (χ4v) is 3.35. The van der Waals surface area contributed by atoms with Crippen molar-refractivity contribution in [2.75, 3.05) is 5.32 Å². The summed E-state index contributed by atoms with van der Waals surface area (Å²) in [6.45, 7) is 1.91. The summed E-state index contributed by atoms with van der Waals surface area (Å²) in [6, 6.07) is 21.5. The Hall–Kier alpha value is -3.37. The molecule has 1 heterocycles. The van der Waals surface area contributed by atoms with Gasteiger partial charge in [-0.05, 0) is 54.4 Å². The topological polar surface area (TPSA) is 59.3 Å². The van der Waals surface area contributed by atoms with Crippen LogP contribution >= 0.6 is 11.6 Å². The monoisotopic (exact) mass is 389 g/mol. The van der Waals surface area contributed by atoms with Crippen LogP contribution in [0.3, 0.4) is 0 Å². The van der Waals surface area contributed by atoms with Gasteiger partial charge in [0.25, 0.3) is 5.91 Å². The quantitative estimate of drug-likeness (QED) is 0.459. The van der Waals surface area contributed by atoms with Gasteiger partial charge >= 0.3 is 5.63 Å². The lowest BCUT2D eigenvalue weighted by atomic mass is 10.1. The minimum absolute atomic E-state index is 0.312. The van der Waals surface area contributed by atoms with E-state index in [0.717, 1.165) is 10.9 Å². The highest BCUT2D eigenvalue weighted by atomic mass is 35.5. The summed E-state index contributed by atoms with van der Waals surface area (Å²) in [4.78, 5) is 25.0. The van der Waals surface area contributed by atoms with Gasteiger partial charge in [-0.1, -0.05) is 48.0 Å². The molecule has 0 saturated heterocycles. The first-order valence-electron chi connectivity index (χ1n) is 8.72. The number of hydrogen-bond acceptors (Lipinski definition) is 3. The molecule has 0 aliphatic heterocycles. The number of rotatable bonds is 3. The largest absolute Gasteiger partial charge is 0.422 e. The lowest BCUT2D eigenvalue weighted by Crippen LogP contribution is -2.12. The number of carbonyl (C=O) groups is 1. The molecule has 1 aromatic heterocycles. The van der Waals surface area contributed by atoms with Crippen molar-refractivity contribution in [1.82, 2.24) is 0 Å². The van der Waals surface area contributed by atoms with Gasteiger partial charge in [0.05, 0.1) is 16.1 Å². The van der Waals surface area contributed by atoms with Gasteiger partial charge in [0.1, 0.15) is 5.58 Å². The average Bonchev–Trinajstić information content (AvgIpc) is 2.67. The van der Waals surface area contributed by atoms with E-state index in [9.17, 15) is 9.59 Å². The smallest absolute Gasteiger partial charge is 0.344 e. The van der Waals surface area contributed by atoms with E-state index in [1.165, 1.54) is 0 Å². The summed E-state index contributed by atoms with van der Waals surface area (Å²) in [6.07, 6.45) is 0. The van der Waals surface area contributed by atoms with Gasteiger partial charge in [0.2, 0.25) is 0 Å². The van der Waals surface area contributed by atoms with E-state index in [-0.39, 0.29) is 5.91 Å². The maximum atomic E-state index is 12.6. The van der Waals surface area contributed by atoms with Crippen molar-refractivity contribution in [2.24, 2.45) is 0 Å². The zero-order chi connectivity index (χ0) is 19.7.